The number of amides is 1. The van der Waals surface area contributed by atoms with Crippen molar-refractivity contribution in [1.82, 2.24) is 5.32 Å². The number of carbonyl (C=O) groups excluding carboxylic acids is 2. The fourth-order valence-corrected chi connectivity index (χ4v) is 1.75. The van der Waals surface area contributed by atoms with Gasteiger partial charge in [0.1, 0.15) is 0 Å². The van der Waals surface area contributed by atoms with Gasteiger partial charge in [-0.3, -0.25) is 19.7 Å². The Morgan fingerprint density at radius 3 is 2.65 bits per heavy atom. The van der Waals surface area contributed by atoms with Crippen molar-refractivity contribution >= 4 is 17.6 Å². The molecule has 0 saturated carbocycles. The molecule has 0 heterocycles. The van der Waals surface area contributed by atoms with Gasteiger partial charge in [-0.05, 0) is 19.9 Å². The number of nitrogens with one attached hydrogen (secondary N) is 1. The zero-order chi connectivity index (χ0) is 15.3. The van der Waals surface area contributed by atoms with Crippen molar-refractivity contribution in [2.24, 2.45) is 0 Å². The van der Waals surface area contributed by atoms with E-state index in [0.29, 0.717) is 5.56 Å². The summed E-state index contributed by atoms with van der Waals surface area (Å²) in [5, 5.41) is 13.4. The Morgan fingerprint density at radius 2 is 2.10 bits per heavy atom. The number of ether oxygens (including phenoxy) is 1. The number of benzene rings is 1. The summed E-state index contributed by atoms with van der Waals surface area (Å²) in [6, 6.07) is 3.87. The maximum atomic E-state index is 12.0. The number of hydrogen-bond donors (Lipinski definition) is 1. The molecule has 0 aliphatic carbocycles. The molecule has 1 rings (SSSR count). The number of carbonyl (C=O) groups is 2. The van der Waals surface area contributed by atoms with Crippen LogP contribution in [0, 0.1) is 17.0 Å². The van der Waals surface area contributed by atoms with Crippen LogP contribution in [0.15, 0.2) is 18.2 Å². The summed E-state index contributed by atoms with van der Waals surface area (Å²) in [5.41, 5.74) is 0.398. The first-order valence-electron chi connectivity index (χ1n) is 5.98. The molecule has 108 valence electrons. The maximum Gasteiger partial charge on any atom is 0.307 e. The second-order valence-corrected chi connectivity index (χ2v) is 4.36. The molecule has 0 aromatic heterocycles. The molecule has 0 fully saturated rings. The summed E-state index contributed by atoms with van der Waals surface area (Å²) in [4.78, 5) is 33.4. The van der Waals surface area contributed by atoms with Crippen LogP contribution in [0.4, 0.5) is 5.69 Å². The highest BCUT2D eigenvalue weighted by Gasteiger charge is 2.19. The molecule has 20 heavy (non-hydrogen) atoms. The van der Waals surface area contributed by atoms with E-state index >= 15 is 0 Å². The van der Waals surface area contributed by atoms with Gasteiger partial charge in [-0.2, -0.15) is 0 Å². The minimum absolute atomic E-state index is 0.0379. The van der Waals surface area contributed by atoms with Crippen LogP contribution in [-0.2, 0) is 9.53 Å². The Kier molecular flexibility index (Phi) is 5.19. The van der Waals surface area contributed by atoms with E-state index in [2.05, 4.69) is 10.1 Å². The van der Waals surface area contributed by atoms with Crippen molar-refractivity contribution in [3.8, 4) is 0 Å². The van der Waals surface area contributed by atoms with Crippen LogP contribution in [0.1, 0.15) is 29.3 Å². The lowest BCUT2D eigenvalue weighted by atomic mass is 10.1. The molecule has 1 aromatic rings. The average Bonchev–Trinajstić information content (AvgIpc) is 2.37. The van der Waals surface area contributed by atoms with Gasteiger partial charge in [0.2, 0.25) is 0 Å². The number of nitrogens with zero attached hydrogens (tertiary/aromatic N) is 1. The Labute approximate surface area is 116 Å². The zero-order valence-corrected chi connectivity index (χ0v) is 11.5. The molecule has 1 aromatic carbocycles. The molecule has 0 aliphatic heterocycles. The van der Waals surface area contributed by atoms with E-state index in [1.165, 1.54) is 32.2 Å². The Hall–Kier alpha value is -2.44. The minimum Gasteiger partial charge on any atom is -0.469 e. The van der Waals surface area contributed by atoms with Crippen molar-refractivity contribution in [3.63, 3.8) is 0 Å². The van der Waals surface area contributed by atoms with Crippen LogP contribution < -0.4 is 5.32 Å². The first-order valence-corrected chi connectivity index (χ1v) is 5.98. The highest BCUT2D eigenvalue weighted by molar-refractivity contribution is 5.96. The van der Waals surface area contributed by atoms with Crippen LogP contribution in [0.5, 0.6) is 0 Å². The minimum atomic E-state index is -0.538. The van der Waals surface area contributed by atoms with Gasteiger partial charge in [0.05, 0.1) is 18.5 Å². The third-order valence-corrected chi connectivity index (χ3v) is 2.82. The Balaban J connectivity index is 2.85. The van der Waals surface area contributed by atoms with Crippen LogP contribution in [0.3, 0.4) is 0 Å². The molecule has 0 saturated heterocycles. The normalized spacial score (nSPS) is 11.6. The summed E-state index contributed by atoms with van der Waals surface area (Å²) >= 11 is 0. The average molecular weight is 280 g/mol. The van der Waals surface area contributed by atoms with Crippen molar-refractivity contribution in [2.45, 2.75) is 26.3 Å². The number of esters is 1. The van der Waals surface area contributed by atoms with Gasteiger partial charge in [0.15, 0.2) is 0 Å². The highest BCUT2D eigenvalue weighted by atomic mass is 16.6. The summed E-state index contributed by atoms with van der Waals surface area (Å²) in [5.74, 6) is -0.892. The zero-order valence-electron chi connectivity index (χ0n) is 11.5. The van der Waals surface area contributed by atoms with Crippen LogP contribution in [0.2, 0.25) is 0 Å². The van der Waals surface area contributed by atoms with E-state index < -0.39 is 22.8 Å². The third-order valence-electron chi connectivity index (χ3n) is 2.82. The fourth-order valence-electron chi connectivity index (χ4n) is 1.75. The Morgan fingerprint density at radius 1 is 1.45 bits per heavy atom. The van der Waals surface area contributed by atoms with E-state index in [0.717, 1.165) is 0 Å². The van der Waals surface area contributed by atoms with Gasteiger partial charge in [0, 0.05) is 23.2 Å². The van der Waals surface area contributed by atoms with Crippen LogP contribution in [0.25, 0.3) is 0 Å². The highest BCUT2D eigenvalue weighted by Crippen LogP contribution is 2.21. The molecule has 1 unspecified atom stereocenters. The standard InChI is InChI=1S/C13H16N2O5/c1-8(7-12(16)20-3)14-13(17)10-5-4-6-11(9(10)2)15(18)19/h4-6,8H,7H2,1-3H3,(H,14,17). The number of nitro groups is 1. The van der Waals surface area contributed by atoms with Gasteiger partial charge in [-0.1, -0.05) is 6.07 Å². The molecule has 1 amide bonds. The SMILES string of the molecule is COC(=O)CC(C)NC(=O)c1cccc([N+](=O)[O-])c1C. The van der Waals surface area contributed by atoms with Crippen molar-refractivity contribution in [2.75, 3.05) is 7.11 Å². The van der Waals surface area contributed by atoms with E-state index in [1.807, 2.05) is 0 Å². The first-order chi connectivity index (χ1) is 9.36. The summed E-state index contributed by atoms with van der Waals surface area (Å²) in [6.07, 6.45) is 0.0379. The first kappa shape index (κ1) is 15.6. The van der Waals surface area contributed by atoms with Gasteiger partial charge in [-0.25, -0.2) is 0 Å². The second-order valence-electron chi connectivity index (χ2n) is 4.36. The van der Waals surface area contributed by atoms with E-state index in [1.54, 1.807) is 6.92 Å². The van der Waals surface area contributed by atoms with Crippen molar-refractivity contribution in [1.29, 1.82) is 0 Å². The van der Waals surface area contributed by atoms with E-state index in [4.69, 9.17) is 0 Å². The molecular formula is C13H16N2O5. The lowest BCUT2D eigenvalue weighted by molar-refractivity contribution is -0.385. The summed E-state index contributed by atoms with van der Waals surface area (Å²) in [6.45, 7) is 3.17. The number of methoxy groups -OCH3 is 1. The quantitative estimate of drug-likeness (QED) is 0.501. The monoisotopic (exact) mass is 280 g/mol. The third kappa shape index (κ3) is 3.78. The van der Waals surface area contributed by atoms with E-state index in [-0.39, 0.29) is 17.7 Å². The smallest absolute Gasteiger partial charge is 0.307 e. The number of rotatable bonds is 5. The molecule has 7 nitrogen and oxygen atoms in total. The predicted molar refractivity (Wildman–Crippen MR) is 71.4 cm³/mol. The van der Waals surface area contributed by atoms with Crippen molar-refractivity contribution < 1.29 is 19.2 Å². The van der Waals surface area contributed by atoms with Gasteiger partial charge in [-0.15, -0.1) is 0 Å². The number of nitro benzene ring substituents is 1. The number of hydrogen-bond acceptors (Lipinski definition) is 5. The summed E-state index contributed by atoms with van der Waals surface area (Å²) < 4.78 is 4.50. The molecule has 1 N–H and O–H groups in total. The molecular weight excluding hydrogens is 264 g/mol. The van der Waals surface area contributed by atoms with Crippen molar-refractivity contribution in [3.05, 3.63) is 39.4 Å². The predicted octanol–water partition coefficient (Wildman–Crippen LogP) is 1.58. The van der Waals surface area contributed by atoms with Gasteiger partial charge >= 0.3 is 5.97 Å². The molecule has 7 heteroatoms. The summed E-state index contributed by atoms with van der Waals surface area (Å²) in [7, 11) is 1.27. The Bertz CT molecular complexity index is 542. The fraction of sp³-hybridized carbons (Fsp3) is 0.385. The molecule has 1 atom stereocenters. The van der Waals surface area contributed by atoms with Gasteiger partial charge in [0.25, 0.3) is 11.6 Å². The lowest BCUT2D eigenvalue weighted by Crippen LogP contribution is -2.34. The topological polar surface area (TPSA) is 98.5 Å². The largest absolute Gasteiger partial charge is 0.469 e. The molecule has 0 radical (unpaired) electrons. The lowest BCUT2D eigenvalue weighted by Gasteiger charge is -2.13. The van der Waals surface area contributed by atoms with Crippen LogP contribution in [-0.4, -0.2) is 30.0 Å². The molecule has 0 aliphatic rings. The second kappa shape index (κ2) is 6.65. The van der Waals surface area contributed by atoms with E-state index in [9.17, 15) is 19.7 Å². The maximum absolute atomic E-state index is 12.0. The van der Waals surface area contributed by atoms with Crippen LogP contribution >= 0.6 is 0 Å². The van der Waals surface area contributed by atoms with Gasteiger partial charge < -0.3 is 10.1 Å². The molecule has 0 spiro atoms. The molecule has 0 bridgehead atoms.